The van der Waals surface area contributed by atoms with Crippen LogP contribution in [0.15, 0.2) is 0 Å². The van der Waals surface area contributed by atoms with Crippen molar-refractivity contribution in [2.24, 2.45) is 0 Å². The largest absolute Gasteiger partial charge is 0.382 e. The highest BCUT2D eigenvalue weighted by Crippen LogP contribution is 2.12. The normalized spacial score (nSPS) is 18.4. The lowest BCUT2D eigenvalue weighted by atomic mass is 10.1. The van der Waals surface area contributed by atoms with Crippen LogP contribution in [-0.2, 0) is 0 Å². The van der Waals surface area contributed by atoms with Crippen LogP contribution in [0, 0.1) is 0 Å². The maximum absolute atomic E-state index is 11.0. The third-order valence-electron chi connectivity index (χ3n) is 7.16. The first-order valence-electron chi connectivity index (χ1n) is 14.8. The Kier molecular flexibility index (Phi) is 14.7. The molecule has 40 heavy (non-hydrogen) atoms. The summed E-state index contributed by atoms with van der Waals surface area (Å²) in [6.45, 7) is 5.49. The van der Waals surface area contributed by atoms with Gasteiger partial charge in [0.15, 0.2) is 30.5 Å². The molecule has 0 aromatic carbocycles. The molecule has 0 saturated carbocycles. The van der Waals surface area contributed by atoms with Crippen LogP contribution >= 0.6 is 0 Å². The molecule has 0 rings (SSSR count). The molecule has 0 radical (unpaired) electrons. The molecule has 0 aromatic heterocycles. The van der Waals surface area contributed by atoms with Crippen LogP contribution in [0.3, 0.4) is 0 Å². The maximum Gasteiger partial charge on any atom is 0.152 e. The van der Waals surface area contributed by atoms with Gasteiger partial charge in [-0.1, -0.05) is 0 Å². The minimum atomic E-state index is -0.591. The molecule has 11 heteroatoms. The highest BCUT2D eigenvalue weighted by atomic mass is 16.3. The van der Waals surface area contributed by atoms with E-state index in [2.05, 4.69) is 42.3 Å². The van der Waals surface area contributed by atoms with Gasteiger partial charge in [-0.05, 0) is 0 Å². The number of likely N-dealkylation sites (N-methyl/N-ethyl adjacent to an activating group) is 6. The van der Waals surface area contributed by atoms with Crippen LogP contribution in [0.4, 0.5) is 0 Å². The lowest BCUT2D eigenvalue weighted by Gasteiger charge is -2.40. The van der Waals surface area contributed by atoms with Gasteiger partial charge < -0.3 is 52.4 Å². The Morgan fingerprint density at radius 1 is 0.275 bits per heavy atom. The molecule has 242 valence electrons. The van der Waals surface area contributed by atoms with Gasteiger partial charge in [0.2, 0.25) is 0 Å². The lowest BCUT2D eigenvalue weighted by Crippen LogP contribution is -2.59. The molecule has 0 aliphatic carbocycles. The Bertz CT molecular complexity index is 673. The SMILES string of the molecule is C[N+](C)(C)CC(O)C[N+](C)(C)CC(O)C[N+](C)(C)CC(O)C[N+](C)(C)CC(O)C[N+](C)(C)CC(O)C[N+](C)(C)C. The van der Waals surface area contributed by atoms with Gasteiger partial charge in [-0.15, -0.1) is 0 Å². The summed E-state index contributed by atoms with van der Waals surface area (Å²) in [6.07, 6.45) is -2.61. The molecular formula is C29H72N6O5+6. The first kappa shape index (κ1) is 39.6. The Morgan fingerprint density at radius 3 is 0.525 bits per heavy atom. The van der Waals surface area contributed by atoms with Crippen molar-refractivity contribution in [2.75, 3.05) is 164 Å². The second-order valence-electron chi connectivity index (χ2n) is 17.4. The molecule has 0 fully saturated rings. The predicted molar refractivity (Wildman–Crippen MR) is 163 cm³/mol. The van der Waals surface area contributed by atoms with Gasteiger partial charge in [-0.25, -0.2) is 0 Å². The minimum absolute atomic E-state index is 0.445. The zero-order valence-corrected chi connectivity index (χ0v) is 28.9. The van der Waals surface area contributed by atoms with Gasteiger partial charge in [-0.2, -0.15) is 0 Å². The molecule has 0 aliphatic rings. The minimum Gasteiger partial charge on any atom is -0.382 e. The fourth-order valence-corrected chi connectivity index (χ4v) is 6.42. The summed E-state index contributed by atoms with van der Waals surface area (Å²) in [5.74, 6) is 0. The number of quaternary nitrogens is 6. The van der Waals surface area contributed by atoms with E-state index in [4.69, 9.17) is 0 Å². The second kappa shape index (κ2) is 14.8. The van der Waals surface area contributed by atoms with Crippen molar-refractivity contribution in [3.8, 4) is 0 Å². The number of rotatable bonds is 20. The van der Waals surface area contributed by atoms with Crippen LogP contribution in [0.5, 0.6) is 0 Å². The van der Waals surface area contributed by atoms with Crippen LogP contribution in [0.25, 0.3) is 0 Å². The van der Waals surface area contributed by atoms with Gasteiger partial charge in [0.05, 0.1) is 98.7 Å². The Labute approximate surface area is 247 Å². The quantitative estimate of drug-likeness (QED) is 0.102. The van der Waals surface area contributed by atoms with E-state index in [-0.39, 0.29) is 0 Å². The first-order chi connectivity index (χ1) is 17.5. The molecular weight excluding hydrogens is 512 g/mol. The molecule has 4 unspecified atom stereocenters. The fraction of sp³-hybridized carbons (Fsp3) is 1.00. The van der Waals surface area contributed by atoms with Crippen molar-refractivity contribution >= 4 is 0 Å². The highest BCUT2D eigenvalue weighted by molar-refractivity contribution is 4.62. The number of aliphatic hydroxyl groups is 5. The highest BCUT2D eigenvalue weighted by Gasteiger charge is 2.35. The van der Waals surface area contributed by atoms with E-state index in [9.17, 15) is 25.5 Å². The van der Waals surface area contributed by atoms with Crippen molar-refractivity contribution in [1.29, 1.82) is 0 Å². The summed E-state index contributed by atoms with van der Waals surface area (Å²) in [4.78, 5) is 0. The summed E-state index contributed by atoms with van der Waals surface area (Å²) < 4.78 is 3.37. The van der Waals surface area contributed by atoms with E-state index in [1.807, 2.05) is 56.4 Å². The third kappa shape index (κ3) is 20.4. The van der Waals surface area contributed by atoms with Gasteiger partial charge >= 0.3 is 0 Å². The summed E-state index contributed by atoms with van der Waals surface area (Å²) >= 11 is 0. The van der Waals surface area contributed by atoms with Gasteiger partial charge in [0.1, 0.15) is 65.4 Å². The summed E-state index contributed by atoms with van der Waals surface area (Å²) in [5.41, 5.74) is 0. The monoisotopic (exact) mass is 585 g/mol. The summed E-state index contributed by atoms with van der Waals surface area (Å²) in [7, 11) is 28.6. The average molecular weight is 585 g/mol. The zero-order valence-electron chi connectivity index (χ0n) is 28.9. The van der Waals surface area contributed by atoms with Crippen LogP contribution in [-0.4, -0.2) is 247 Å². The second-order valence-corrected chi connectivity index (χ2v) is 17.4. The van der Waals surface area contributed by atoms with Gasteiger partial charge in [0.25, 0.3) is 0 Å². The Morgan fingerprint density at radius 2 is 0.400 bits per heavy atom. The Balaban J connectivity index is 4.86. The molecule has 11 nitrogen and oxygen atoms in total. The van der Waals surface area contributed by atoms with Crippen molar-refractivity contribution < 1.29 is 52.4 Å². The maximum atomic E-state index is 11.0. The van der Waals surface area contributed by atoms with E-state index < -0.39 is 30.5 Å². The third-order valence-corrected chi connectivity index (χ3v) is 7.16. The topological polar surface area (TPSA) is 101 Å². The van der Waals surface area contributed by atoms with Crippen molar-refractivity contribution in [1.82, 2.24) is 0 Å². The lowest BCUT2D eigenvalue weighted by molar-refractivity contribution is -0.932. The number of hydrogen-bond donors (Lipinski definition) is 5. The van der Waals surface area contributed by atoms with Crippen LogP contribution in [0.1, 0.15) is 0 Å². The molecule has 5 N–H and O–H groups in total. The van der Waals surface area contributed by atoms with E-state index >= 15 is 0 Å². The summed E-state index contributed by atoms with van der Waals surface area (Å²) in [5, 5.41) is 53.8. The smallest absolute Gasteiger partial charge is 0.152 e. The molecule has 0 spiro atoms. The van der Waals surface area contributed by atoms with Crippen molar-refractivity contribution in [2.45, 2.75) is 30.5 Å². The molecule has 4 atom stereocenters. The van der Waals surface area contributed by atoms with Crippen molar-refractivity contribution in [3.63, 3.8) is 0 Å². The summed E-state index contributed by atoms with van der Waals surface area (Å²) in [6, 6.07) is 0. The molecule has 0 aromatic rings. The molecule has 0 heterocycles. The molecule has 0 bridgehead atoms. The van der Waals surface area contributed by atoms with Crippen molar-refractivity contribution in [3.05, 3.63) is 0 Å². The fourth-order valence-electron chi connectivity index (χ4n) is 6.42. The van der Waals surface area contributed by atoms with E-state index in [0.29, 0.717) is 92.3 Å². The standard InChI is InChI=1S/C29H72N6O5/c1-30(2,3)15-25(36)17-32(7,8)19-27(38)21-34(11,12)23-29(40)24-35(13,14)22-28(39)20-33(9,10)18-26(37)16-31(4,5)6/h25-29,36-40H,15-24H2,1-14H3/q+6. The molecule has 0 amide bonds. The number of aliphatic hydroxyl groups excluding tert-OH is 5. The average Bonchev–Trinajstić information content (AvgIpc) is 2.51. The predicted octanol–water partition coefficient (Wildman–Crippen LogP) is -2.49. The molecule has 0 aliphatic heterocycles. The van der Waals surface area contributed by atoms with Gasteiger partial charge in [-0.3, -0.25) is 0 Å². The molecule has 0 saturated heterocycles. The van der Waals surface area contributed by atoms with E-state index in [0.717, 1.165) is 0 Å². The van der Waals surface area contributed by atoms with E-state index in [1.54, 1.807) is 0 Å². The van der Waals surface area contributed by atoms with Crippen LogP contribution in [0.2, 0.25) is 0 Å². The van der Waals surface area contributed by atoms with E-state index in [1.165, 1.54) is 0 Å². The first-order valence-corrected chi connectivity index (χ1v) is 14.8. The Hall–Kier alpha value is -0.440. The number of nitrogens with zero attached hydrogens (tertiary/aromatic N) is 6. The van der Waals surface area contributed by atoms with Crippen LogP contribution < -0.4 is 0 Å². The van der Waals surface area contributed by atoms with Gasteiger partial charge in [0, 0.05) is 0 Å². The number of hydrogen-bond acceptors (Lipinski definition) is 5. The zero-order chi connectivity index (χ0) is 32.0.